The Morgan fingerprint density at radius 3 is 2.71 bits per heavy atom. The molecule has 0 aromatic carbocycles. The Bertz CT molecular complexity index is 207. The zero-order valence-corrected chi connectivity index (χ0v) is 10.9. The van der Waals surface area contributed by atoms with Gasteiger partial charge in [0.15, 0.2) is 0 Å². The Balaban J connectivity index is 1.53. The molecule has 0 bridgehead atoms. The van der Waals surface area contributed by atoms with Crippen molar-refractivity contribution in [3.63, 3.8) is 0 Å². The van der Waals surface area contributed by atoms with E-state index in [9.17, 15) is 0 Å². The summed E-state index contributed by atoms with van der Waals surface area (Å²) in [7, 11) is 0. The molecule has 0 radical (unpaired) electrons. The van der Waals surface area contributed by atoms with Gasteiger partial charge in [0.25, 0.3) is 0 Å². The van der Waals surface area contributed by atoms with Crippen molar-refractivity contribution in [3.05, 3.63) is 0 Å². The summed E-state index contributed by atoms with van der Waals surface area (Å²) in [4.78, 5) is 2.49. The second-order valence-corrected chi connectivity index (χ2v) is 5.32. The second-order valence-electron chi connectivity index (χ2n) is 5.32. The quantitative estimate of drug-likeness (QED) is 0.691. The number of ether oxygens (including phenoxy) is 1. The van der Waals surface area contributed by atoms with E-state index in [1.807, 2.05) is 0 Å². The van der Waals surface area contributed by atoms with Crippen LogP contribution in [0.25, 0.3) is 0 Å². The Morgan fingerprint density at radius 1 is 1.18 bits per heavy atom. The van der Waals surface area contributed by atoms with E-state index in [1.54, 1.807) is 0 Å². The minimum Gasteiger partial charge on any atom is -0.379 e. The molecule has 1 aliphatic heterocycles. The first-order valence-corrected chi connectivity index (χ1v) is 7.15. The van der Waals surface area contributed by atoms with Gasteiger partial charge < -0.3 is 15.8 Å². The first-order valence-electron chi connectivity index (χ1n) is 7.15. The first kappa shape index (κ1) is 13.3. The molecule has 100 valence electrons. The first-order chi connectivity index (χ1) is 8.36. The number of nitrogens with one attached hydrogen (secondary N) is 1. The average molecular weight is 241 g/mol. The van der Waals surface area contributed by atoms with Crippen molar-refractivity contribution >= 4 is 0 Å². The monoisotopic (exact) mass is 241 g/mol. The minimum atomic E-state index is 0.382. The highest BCUT2D eigenvalue weighted by atomic mass is 16.5. The molecule has 0 spiro atoms. The van der Waals surface area contributed by atoms with E-state index >= 15 is 0 Å². The van der Waals surface area contributed by atoms with Gasteiger partial charge in [0.1, 0.15) is 0 Å². The molecule has 0 amide bonds. The van der Waals surface area contributed by atoms with Crippen LogP contribution in [0.15, 0.2) is 0 Å². The number of rotatable bonds is 5. The van der Waals surface area contributed by atoms with Crippen LogP contribution in [0.1, 0.15) is 32.1 Å². The summed E-state index contributed by atoms with van der Waals surface area (Å²) < 4.78 is 5.34. The van der Waals surface area contributed by atoms with Crippen LogP contribution in [0, 0.1) is 0 Å². The highest BCUT2D eigenvalue weighted by Crippen LogP contribution is 2.16. The summed E-state index contributed by atoms with van der Waals surface area (Å²) in [6, 6.07) is 0.945. The summed E-state index contributed by atoms with van der Waals surface area (Å²) in [5, 5.41) is 3.63. The molecule has 4 nitrogen and oxygen atoms in total. The molecule has 1 saturated heterocycles. The van der Waals surface area contributed by atoms with Crippen molar-refractivity contribution < 1.29 is 4.74 Å². The molecule has 2 rings (SSSR count). The van der Waals surface area contributed by atoms with Gasteiger partial charge in [-0.1, -0.05) is 12.8 Å². The largest absolute Gasteiger partial charge is 0.379 e. The summed E-state index contributed by atoms with van der Waals surface area (Å²) in [5.41, 5.74) is 6.11. The van der Waals surface area contributed by atoms with E-state index in [-0.39, 0.29) is 0 Å². The van der Waals surface area contributed by atoms with Gasteiger partial charge in [0.2, 0.25) is 0 Å². The zero-order valence-electron chi connectivity index (χ0n) is 10.9. The maximum Gasteiger partial charge on any atom is 0.0594 e. The van der Waals surface area contributed by atoms with E-state index in [1.165, 1.54) is 38.6 Å². The van der Waals surface area contributed by atoms with E-state index < -0.39 is 0 Å². The molecule has 0 unspecified atom stereocenters. The fourth-order valence-corrected chi connectivity index (χ4v) is 2.83. The van der Waals surface area contributed by atoms with Gasteiger partial charge in [-0.15, -0.1) is 0 Å². The summed E-state index contributed by atoms with van der Waals surface area (Å²) in [6.07, 6.45) is 6.34. The van der Waals surface area contributed by atoms with Crippen LogP contribution in [0.3, 0.4) is 0 Å². The van der Waals surface area contributed by atoms with E-state index in [4.69, 9.17) is 10.5 Å². The minimum absolute atomic E-state index is 0.382. The van der Waals surface area contributed by atoms with Gasteiger partial charge in [0.05, 0.1) is 13.2 Å². The van der Waals surface area contributed by atoms with Gasteiger partial charge >= 0.3 is 0 Å². The third kappa shape index (κ3) is 4.54. The maximum atomic E-state index is 6.11. The van der Waals surface area contributed by atoms with Crippen LogP contribution < -0.4 is 11.1 Å². The van der Waals surface area contributed by atoms with Crippen LogP contribution in [-0.4, -0.2) is 56.4 Å². The summed E-state index contributed by atoms with van der Waals surface area (Å²) >= 11 is 0. The molecule has 0 aromatic rings. The highest BCUT2D eigenvalue weighted by molar-refractivity contribution is 4.83. The molecule has 1 heterocycles. The maximum absolute atomic E-state index is 6.11. The highest BCUT2D eigenvalue weighted by Gasteiger charge is 2.20. The van der Waals surface area contributed by atoms with Crippen molar-refractivity contribution in [1.29, 1.82) is 0 Å². The molecule has 2 aliphatic rings. The molecule has 1 saturated carbocycles. The van der Waals surface area contributed by atoms with Crippen LogP contribution >= 0.6 is 0 Å². The van der Waals surface area contributed by atoms with Crippen LogP contribution in [0.4, 0.5) is 0 Å². The molecule has 0 aromatic heterocycles. The fourth-order valence-electron chi connectivity index (χ4n) is 2.83. The summed E-state index contributed by atoms with van der Waals surface area (Å²) in [6.45, 7) is 6.31. The Morgan fingerprint density at radius 2 is 1.94 bits per heavy atom. The lowest BCUT2D eigenvalue weighted by Crippen LogP contribution is -2.47. The molecule has 2 fully saturated rings. The molecule has 4 heteroatoms. The van der Waals surface area contributed by atoms with Gasteiger partial charge in [0, 0.05) is 25.2 Å². The lowest BCUT2D eigenvalue weighted by molar-refractivity contribution is 0.0373. The number of hydrogen-bond donors (Lipinski definition) is 2. The van der Waals surface area contributed by atoms with Crippen LogP contribution in [0.5, 0.6) is 0 Å². The van der Waals surface area contributed by atoms with E-state index in [0.717, 1.165) is 32.8 Å². The van der Waals surface area contributed by atoms with Crippen LogP contribution in [-0.2, 0) is 4.74 Å². The van der Waals surface area contributed by atoms with Crippen molar-refractivity contribution in [2.75, 3.05) is 39.4 Å². The topological polar surface area (TPSA) is 50.5 Å². The molecular formula is C13H27N3O. The third-order valence-corrected chi connectivity index (χ3v) is 3.98. The van der Waals surface area contributed by atoms with Crippen molar-refractivity contribution in [2.24, 2.45) is 5.73 Å². The predicted molar refractivity (Wildman–Crippen MR) is 70.1 cm³/mol. The van der Waals surface area contributed by atoms with Crippen molar-refractivity contribution in [1.82, 2.24) is 10.2 Å². The number of nitrogens with zero attached hydrogens (tertiary/aromatic N) is 1. The standard InChI is InChI=1S/C13H27N3O/c14-12-4-1-2-5-13(12)15-6-3-7-16-8-10-17-11-9-16/h12-13,15H,1-11,14H2/t12-,13+/m1/s1. The van der Waals surface area contributed by atoms with Gasteiger partial charge in [-0.3, -0.25) is 4.90 Å². The molecular weight excluding hydrogens is 214 g/mol. The SMILES string of the molecule is N[C@@H]1CCCC[C@@H]1NCCCN1CCOCC1. The second kappa shape index (κ2) is 7.31. The zero-order chi connectivity index (χ0) is 11.9. The smallest absolute Gasteiger partial charge is 0.0594 e. The van der Waals surface area contributed by atoms with Gasteiger partial charge in [-0.05, 0) is 32.4 Å². The molecule has 2 atom stereocenters. The molecule has 17 heavy (non-hydrogen) atoms. The molecule has 3 N–H and O–H groups in total. The number of hydrogen-bond acceptors (Lipinski definition) is 4. The van der Waals surface area contributed by atoms with E-state index in [0.29, 0.717) is 12.1 Å². The van der Waals surface area contributed by atoms with Crippen molar-refractivity contribution in [3.8, 4) is 0 Å². The average Bonchev–Trinajstić information content (AvgIpc) is 2.38. The number of morpholine rings is 1. The normalized spacial score (nSPS) is 31.6. The van der Waals surface area contributed by atoms with E-state index in [2.05, 4.69) is 10.2 Å². The van der Waals surface area contributed by atoms with Gasteiger partial charge in [-0.2, -0.15) is 0 Å². The van der Waals surface area contributed by atoms with Crippen LogP contribution in [0.2, 0.25) is 0 Å². The Labute approximate surface area is 105 Å². The Hall–Kier alpha value is -0.160. The lowest BCUT2D eigenvalue weighted by Gasteiger charge is -2.30. The Kier molecular flexibility index (Phi) is 5.71. The number of nitrogens with two attached hydrogens (primary N) is 1. The molecule has 1 aliphatic carbocycles. The van der Waals surface area contributed by atoms with Crippen molar-refractivity contribution in [2.45, 2.75) is 44.2 Å². The predicted octanol–water partition coefficient (Wildman–Crippen LogP) is 0.568. The lowest BCUT2D eigenvalue weighted by atomic mass is 9.91. The fraction of sp³-hybridized carbons (Fsp3) is 1.00. The van der Waals surface area contributed by atoms with Gasteiger partial charge in [-0.25, -0.2) is 0 Å². The summed E-state index contributed by atoms with van der Waals surface area (Å²) in [5.74, 6) is 0. The third-order valence-electron chi connectivity index (χ3n) is 3.98.